The number of nitrogens with zero attached hydrogens (tertiary/aromatic N) is 5. The fourth-order valence-electron chi connectivity index (χ4n) is 4.04. The van der Waals surface area contributed by atoms with Gasteiger partial charge in [0, 0.05) is 38.0 Å². The van der Waals surface area contributed by atoms with Crippen molar-refractivity contribution in [1.82, 2.24) is 19.6 Å². The average Bonchev–Trinajstić information content (AvgIpc) is 3.45. The molecule has 0 aliphatic carbocycles. The number of amides is 2. The quantitative estimate of drug-likeness (QED) is 0.582. The Morgan fingerprint density at radius 1 is 1.00 bits per heavy atom. The van der Waals surface area contributed by atoms with Gasteiger partial charge in [0.2, 0.25) is 5.91 Å². The second-order valence-electron chi connectivity index (χ2n) is 7.46. The first-order valence-electron chi connectivity index (χ1n) is 9.95. The number of piperidine rings is 1. The molecule has 1 aromatic heterocycles. The maximum atomic E-state index is 13.1. The predicted octanol–water partition coefficient (Wildman–Crippen LogP) is 2.40. The van der Waals surface area contributed by atoms with Gasteiger partial charge in [-0.05, 0) is 50.3 Å². The number of hydrogen-bond donors (Lipinski definition) is 0. The van der Waals surface area contributed by atoms with Crippen LogP contribution in [0.25, 0.3) is 5.69 Å². The number of hydrogen-bond acceptors (Lipinski definition) is 5. The van der Waals surface area contributed by atoms with Gasteiger partial charge in [0.1, 0.15) is 6.04 Å². The number of nitro benzene ring substituents is 1. The molecular weight excluding hydrogens is 374 g/mol. The van der Waals surface area contributed by atoms with Crippen LogP contribution in [-0.2, 0) is 4.79 Å². The van der Waals surface area contributed by atoms with Crippen LogP contribution in [0.3, 0.4) is 0 Å². The third kappa shape index (κ3) is 3.85. The first kappa shape index (κ1) is 19.1. The monoisotopic (exact) mass is 397 g/mol. The summed E-state index contributed by atoms with van der Waals surface area (Å²) in [6, 6.07) is 7.16. The van der Waals surface area contributed by atoms with Gasteiger partial charge in [0.15, 0.2) is 5.69 Å². The summed E-state index contributed by atoms with van der Waals surface area (Å²) in [4.78, 5) is 39.9. The highest BCUT2D eigenvalue weighted by Gasteiger charge is 2.36. The average molecular weight is 397 g/mol. The molecule has 29 heavy (non-hydrogen) atoms. The van der Waals surface area contributed by atoms with Crippen molar-refractivity contribution in [2.24, 2.45) is 0 Å². The summed E-state index contributed by atoms with van der Waals surface area (Å²) in [6.45, 7) is 2.09. The Morgan fingerprint density at radius 2 is 1.69 bits per heavy atom. The van der Waals surface area contributed by atoms with E-state index >= 15 is 0 Å². The summed E-state index contributed by atoms with van der Waals surface area (Å²) in [5, 5.41) is 15.2. The number of nitro groups is 1. The third-order valence-electron chi connectivity index (χ3n) is 5.60. The van der Waals surface area contributed by atoms with Crippen molar-refractivity contribution in [1.29, 1.82) is 0 Å². The molecule has 0 saturated carbocycles. The van der Waals surface area contributed by atoms with Gasteiger partial charge >= 0.3 is 0 Å². The molecule has 2 fully saturated rings. The van der Waals surface area contributed by atoms with Crippen molar-refractivity contribution in [3.8, 4) is 5.69 Å². The van der Waals surface area contributed by atoms with Crippen LogP contribution in [-0.4, -0.2) is 62.0 Å². The minimum Gasteiger partial charge on any atom is -0.341 e. The molecule has 1 aromatic carbocycles. The van der Waals surface area contributed by atoms with Gasteiger partial charge in [-0.2, -0.15) is 5.10 Å². The van der Waals surface area contributed by atoms with Crippen LogP contribution in [0.5, 0.6) is 0 Å². The highest BCUT2D eigenvalue weighted by atomic mass is 16.6. The molecule has 2 saturated heterocycles. The van der Waals surface area contributed by atoms with Crippen molar-refractivity contribution in [3.05, 3.63) is 52.3 Å². The number of carbonyl (C=O) groups is 2. The van der Waals surface area contributed by atoms with Crippen molar-refractivity contribution >= 4 is 17.5 Å². The molecule has 0 N–H and O–H groups in total. The fraction of sp³-hybridized carbons (Fsp3) is 0.450. The number of rotatable bonds is 4. The zero-order valence-electron chi connectivity index (χ0n) is 16.1. The molecule has 3 heterocycles. The first-order valence-corrected chi connectivity index (χ1v) is 9.95. The van der Waals surface area contributed by atoms with Gasteiger partial charge < -0.3 is 9.80 Å². The van der Waals surface area contributed by atoms with Crippen LogP contribution >= 0.6 is 0 Å². The van der Waals surface area contributed by atoms with E-state index in [1.54, 1.807) is 29.3 Å². The number of aromatic nitrogens is 2. The van der Waals surface area contributed by atoms with Crippen molar-refractivity contribution in [3.63, 3.8) is 0 Å². The summed E-state index contributed by atoms with van der Waals surface area (Å²) in [7, 11) is 0. The maximum absolute atomic E-state index is 13.1. The topological polar surface area (TPSA) is 102 Å². The summed E-state index contributed by atoms with van der Waals surface area (Å²) in [5.74, 6) is -0.201. The van der Waals surface area contributed by atoms with E-state index in [2.05, 4.69) is 5.10 Å². The molecule has 9 nitrogen and oxygen atoms in total. The molecule has 2 aliphatic heterocycles. The van der Waals surface area contributed by atoms with Gasteiger partial charge in [-0.25, -0.2) is 4.68 Å². The highest BCUT2D eigenvalue weighted by molar-refractivity contribution is 5.96. The normalized spacial score (nSPS) is 19.4. The van der Waals surface area contributed by atoms with E-state index in [0.29, 0.717) is 18.7 Å². The van der Waals surface area contributed by atoms with Crippen molar-refractivity contribution < 1.29 is 14.5 Å². The Bertz CT molecular complexity index is 917. The Kier molecular flexibility index (Phi) is 5.28. The molecule has 2 aromatic rings. The van der Waals surface area contributed by atoms with E-state index in [4.69, 9.17) is 0 Å². The lowest BCUT2D eigenvalue weighted by atomic mass is 10.0. The van der Waals surface area contributed by atoms with Crippen LogP contribution in [0.1, 0.15) is 42.6 Å². The summed E-state index contributed by atoms with van der Waals surface area (Å²) < 4.78 is 1.51. The fourth-order valence-corrected chi connectivity index (χ4v) is 4.04. The van der Waals surface area contributed by atoms with Crippen molar-refractivity contribution in [2.75, 3.05) is 19.6 Å². The lowest BCUT2D eigenvalue weighted by Gasteiger charge is -2.36. The number of likely N-dealkylation sites (tertiary alicyclic amines) is 2. The molecule has 0 spiro atoms. The van der Waals surface area contributed by atoms with Gasteiger partial charge in [-0.3, -0.25) is 19.7 Å². The van der Waals surface area contributed by atoms with E-state index in [-0.39, 0.29) is 23.2 Å². The molecule has 0 bridgehead atoms. The lowest BCUT2D eigenvalue weighted by Crippen LogP contribution is -2.52. The lowest BCUT2D eigenvalue weighted by molar-refractivity contribution is -0.384. The largest absolute Gasteiger partial charge is 0.341 e. The van der Waals surface area contributed by atoms with E-state index in [1.807, 2.05) is 4.90 Å². The molecule has 152 valence electrons. The van der Waals surface area contributed by atoms with Gasteiger partial charge in [0.25, 0.3) is 11.6 Å². The van der Waals surface area contributed by atoms with Gasteiger partial charge in [-0.1, -0.05) is 0 Å². The maximum Gasteiger partial charge on any atom is 0.275 e. The molecule has 2 aliphatic rings. The van der Waals surface area contributed by atoms with E-state index in [0.717, 1.165) is 38.8 Å². The molecule has 0 radical (unpaired) electrons. The first-order chi connectivity index (χ1) is 14.0. The van der Waals surface area contributed by atoms with Crippen molar-refractivity contribution in [2.45, 2.75) is 38.1 Å². The Balaban J connectivity index is 1.52. The van der Waals surface area contributed by atoms with Crippen LogP contribution in [0, 0.1) is 10.1 Å². The Labute approximate surface area is 168 Å². The van der Waals surface area contributed by atoms with Gasteiger partial charge in [0.05, 0.1) is 10.6 Å². The van der Waals surface area contributed by atoms with Crippen LogP contribution in [0.2, 0.25) is 0 Å². The summed E-state index contributed by atoms with van der Waals surface area (Å²) in [5.41, 5.74) is 0.885. The molecular formula is C20H23N5O4. The molecule has 1 atom stereocenters. The zero-order valence-corrected chi connectivity index (χ0v) is 16.1. The molecule has 1 unspecified atom stereocenters. The number of benzene rings is 1. The van der Waals surface area contributed by atoms with E-state index < -0.39 is 11.0 Å². The predicted molar refractivity (Wildman–Crippen MR) is 105 cm³/mol. The minimum atomic E-state index is -0.463. The van der Waals surface area contributed by atoms with Gasteiger partial charge in [-0.15, -0.1) is 0 Å². The standard InChI is InChI=1S/C20H23N5O4/c26-19(23-13-2-1-5-18(23)20(27)22-11-3-4-12-22)17-10-14-24(21-17)15-6-8-16(9-7-15)25(28)29/h6-10,14,18H,1-5,11-13H2. The molecule has 4 rings (SSSR count). The summed E-state index contributed by atoms with van der Waals surface area (Å²) >= 11 is 0. The third-order valence-corrected chi connectivity index (χ3v) is 5.60. The second-order valence-corrected chi connectivity index (χ2v) is 7.46. The highest BCUT2D eigenvalue weighted by Crippen LogP contribution is 2.23. The number of carbonyl (C=O) groups excluding carboxylic acids is 2. The zero-order chi connectivity index (χ0) is 20.4. The second kappa shape index (κ2) is 8.02. The SMILES string of the molecule is O=C(C1CCCCN1C(=O)c1ccn(-c2ccc([N+](=O)[O-])cc2)n1)N1CCCC1. The Morgan fingerprint density at radius 3 is 2.38 bits per heavy atom. The molecule has 2 amide bonds. The van der Waals surface area contributed by atoms with E-state index in [9.17, 15) is 19.7 Å². The van der Waals surface area contributed by atoms with Crippen LogP contribution < -0.4 is 0 Å². The van der Waals surface area contributed by atoms with E-state index in [1.165, 1.54) is 16.8 Å². The molecule has 9 heteroatoms. The number of non-ortho nitro benzene ring substituents is 1. The summed E-state index contributed by atoms with van der Waals surface area (Å²) in [6.07, 6.45) is 6.18. The van der Waals surface area contributed by atoms with Crippen LogP contribution in [0.15, 0.2) is 36.5 Å². The smallest absolute Gasteiger partial charge is 0.275 e. The minimum absolute atomic E-state index is 0.00575. The van der Waals surface area contributed by atoms with Crippen LogP contribution in [0.4, 0.5) is 5.69 Å². The Hall–Kier alpha value is -3.23.